The second-order valence-electron chi connectivity index (χ2n) is 7.86. The lowest BCUT2D eigenvalue weighted by atomic mass is 10.0. The molecule has 1 fully saturated rings. The van der Waals surface area contributed by atoms with Crippen LogP contribution in [-0.4, -0.2) is 42.1 Å². The highest BCUT2D eigenvalue weighted by molar-refractivity contribution is 6.32. The van der Waals surface area contributed by atoms with E-state index in [-0.39, 0.29) is 30.8 Å². The van der Waals surface area contributed by atoms with Gasteiger partial charge in [-0.15, -0.1) is 0 Å². The highest BCUT2D eigenvalue weighted by Gasteiger charge is 2.37. The molecule has 3 aromatic rings. The van der Waals surface area contributed by atoms with Crippen molar-refractivity contribution in [1.82, 2.24) is 14.9 Å². The zero-order valence-corrected chi connectivity index (χ0v) is 19.4. The Labute approximate surface area is 197 Å². The Kier molecular flexibility index (Phi) is 6.55. The van der Waals surface area contributed by atoms with Gasteiger partial charge in [-0.05, 0) is 30.7 Å². The number of ether oxygens (including phenoxy) is 2. The van der Waals surface area contributed by atoms with E-state index in [4.69, 9.17) is 21.1 Å². The molecule has 8 nitrogen and oxygen atoms in total. The average Bonchev–Trinajstić information content (AvgIpc) is 3.49. The number of aromatic nitrogens is 2. The molecule has 33 heavy (non-hydrogen) atoms. The fourth-order valence-electron chi connectivity index (χ4n) is 3.93. The minimum Gasteiger partial charge on any atom is -0.495 e. The monoisotopic (exact) mass is 468 g/mol. The van der Waals surface area contributed by atoms with Gasteiger partial charge in [-0.1, -0.05) is 23.7 Å². The van der Waals surface area contributed by atoms with Crippen LogP contribution in [0.5, 0.6) is 11.5 Å². The molecule has 2 heterocycles. The molecule has 2 atom stereocenters. The van der Waals surface area contributed by atoms with E-state index in [0.29, 0.717) is 22.2 Å². The molecule has 0 saturated carbocycles. The van der Waals surface area contributed by atoms with Crippen molar-refractivity contribution in [2.75, 3.05) is 25.7 Å². The number of carbonyl (C=O) groups excluding carboxylic acids is 2. The molecular formula is C24H25ClN4O4. The van der Waals surface area contributed by atoms with E-state index in [9.17, 15) is 9.59 Å². The summed E-state index contributed by atoms with van der Waals surface area (Å²) in [5.41, 5.74) is 2.47. The van der Waals surface area contributed by atoms with Crippen molar-refractivity contribution in [3.8, 4) is 17.2 Å². The number of anilines is 1. The predicted octanol–water partition coefficient (Wildman–Crippen LogP) is 3.77. The molecule has 1 aromatic heterocycles. The minimum atomic E-state index is -0.476. The Morgan fingerprint density at radius 2 is 1.91 bits per heavy atom. The second kappa shape index (κ2) is 9.54. The van der Waals surface area contributed by atoms with Crippen LogP contribution in [0, 0.1) is 5.92 Å². The summed E-state index contributed by atoms with van der Waals surface area (Å²) in [6.45, 7) is 2.17. The predicted molar refractivity (Wildman–Crippen MR) is 125 cm³/mol. The van der Waals surface area contributed by atoms with Crippen molar-refractivity contribution in [3.05, 3.63) is 65.7 Å². The van der Waals surface area contributed by atoms with E-state index in [1.54, 1.807) is 29.6 Å². The molecular weight excluding hydrogens is 444 g/mol. The SMILES string of the molecule is COc1cc(OC)c(N2C[C@H](C(=O)N[C@H](C)c3ccc(-n4ccnc4)cc3)CC2=O)cc1Cl. The molecule has 2 amide bonds. The van der Waals surface area contributed by atoms with Crippen molar-refractivity contribution >= 4 is 29.1 Å². The molecule has 0 spiro atoms. The van der Waals surface area contributed by atoms with Gasteiger partial charge in [0, 0.05) is 37.1 Å². The zero-order valence-electron chi connectivity index (χ0n) is 18.6. The van der Waals surface area contributed by atoms with Gasteiger partial charge < -0.3 is 24.3 Å². The van der Waals surface area contributed by atoms with Crippen LogP contribution in [0.25, 0.3) is 5.69 Å². The largest absolute Gasteiger partial charge is 0.495 e. The highest BCUT2D eigenvalue weighted by Crippen LogP contribution is 2.40. The molecule has 0 bridgehead atoms. The van der Waals surface area contributed by atoms with Gasteiger partial charge in [-0.25, -0.2) is 4.98 Å². The molecule has 2 aromatic carbocycles. The lowest BCUT2D eigenvalue weighted by Gasteiger charge is -2.21. The molecule has 1 N–H and O–H groups in total. The first-order valence-corrected chi connectivity index (χ1v) is 10.9. The maximum atomic E-state index is 12.9. The summed E-state index contributed by atoms with van der Waals surface area (Å²) >= 11 is 6.26. The van der Waals surface area contributed by atoms with E-state index >= 15 is 0 Å². The third kappa shape index (κ3) is 4.66. The minimum absolute atomic E-state index is 0.116. The van der Waals surface area contributed by atoms with Crippen LogP contribution in [-0.2, 0) is 9.59 Å². The maximum Gasteiger partial charge on any atom is 0.227 e. The molecule has 0 radical (unpaired) electrons. The van der Waals surface area contributed by atoms with Crippen molar-refractivity contribution in [1.29, 1.82) is 0 Å². The summed E-state index contributed by atoms with van der Waals surface area (Å²) in [6, 6.07) is 10.9. The van der Waals surface area contributed by atoms with Gasteiger partial charge in [-0.3, -0.25) is 9.59 Å². The molecule has 1 saturated heterocycles. The van der Waals surface area contributed by atoms with Crippen LogP contribution in [0.3, 0.4) is 0 Å². The van der Waals surface area contributed by atoms with Crippen molar-refractivity contribution < 1.29 is 19.1 Å². The van der Waals surface area contributed by atoms with E-state index in [2.05, 4.69) is 10.3 Å². The Balaban J connectivity index is 1.44. The average molecular weight is 469 g/mol. The van der Waals surface area contributed by atoms with E-state index in [0.717, 1.165) is 11.3 Å². The summed E-state index contributed by atoms with van der Waals surface area (Å²) in [7, 11) is 3.02. The number of amides is 2. The first-order chi connectivity index (χ1) is 15.9. The number of hydrogen-bond donors (Lipinski definition) is 1. The van der Waals surface area contributed by atoms with Gasteiger partial charge in [0.15, 0.2) is 0 Å². The van der Waals surface area contributed by atoms with Crippen molar-refractivity contribution in [2.45, 2.75) is 19.4 Å². The van der Waals surface area contributed by atoms with Gasteiger partial charge in [0.1, 0.15) is 11.5 Å². The Hall–Kier alpha value is -3.52. The number of carbonyl (C=O) groups is 2. The molecule has 0 aliphatic carbocycles. The third-order valence-corrected chi connectivity index (χ3v) is 6.09. The summed E-state index contributed by atoms with van der Waals surface area (Å²) < 4.78 is 12.5. The molecule has 1 aliphatic heterocycles. The molecule has 172 valence electrons. The number of imidazole rings is 1. The number of benzene rings is 2. The summed E-state index contributed by atoms with van der Waals surface area (Å²) in [6.07, 6.45) is 5.44. The smallest absolute Gasteiger partial charge is 0.227 e. The number of methoxy groups -OCH3 is 2. The Morgan fingerprint density at radius 1 is 1.18 bits per heavy atom. The first kappa shape index (κ1) is 22.7. The van der Waals surface area contributed by atoms with Crippen LogP contribution < -0.4 is 19.7 Å². The lowest BCUT2D eigenvalue weighted by Crippen LogP contribution is -2.34. The molecule has 4 rings (SSSR count). The van der Waals surface area contributed by atoms with Gasteiger partial charge in [0.25, 0.3) is 0 Å². The fourth-order valence-corrected chi connectivity index (χ4v) is 4.17. The number of rotatable bonds is 7. The van der Waals surface area contributed by atoms with Crippen LogP contribution in [0.15, 0.2) is 55.1 Å². The lowest BCUT2D eigenvalue weighted by molar-refractivity contribution is -0.126. The number of nitrogens with zero attached hydrogens (tertiary/aromatic N) is 3. The van der Waals surface area contributed by atoms with Gasteiger partial charge in [-0.2, -0.15) is 0 Å². The van der Waals surface area contributed by atoms with Crippen LogP contribution in [0.4, 0.5) is 5.69 Å². The summed E-state index contributed by atoms with van der Waals surface area (Å²) in [5.74, 6) is 0.0986. The van der Waals surface area contributed by atoms with Crippen LogP contribution in [0.2, 0.25) is 5.02 Å². The van der Waals surface area contributed by atoms with Crippen molar-refractivity contribution in [3.63, 3.8) is 0 Å². The number of halogens is 1. The zero-order chi connectivity index (χ0) is 23.5. The van der Waals surface area contributed by atoms with Gasteiger partial charge in [0.05, 0.1) is 43.2 Å². The molecule has 9 heteroatoms. The summed E-state index contributed by atoms with van der Waals surface area (Å²) in [5, 5.41) is 3.39. The number of nitrogens with one attached hydrogen (secondary N) is 1. The van der Waals surface area contributed by atoms with Crippen LogP contribution in [0.1, 0.15) is 24.9 Å². The second-order valence-corrected chi connectivity index (χ2v) is 8.26. The number of hydrogen-bond acceptors (Lipinski definition) is 5. The van der Waals surface area contributed by atoms with Crippen molar-refractivity contribution in [2.24, 2.45) is 5.92 Å². The van der Waals surface area contributed by atoms with E-state index in [1.807, 2.05) is 42.0 Å². The molecule has 1 aliphatic rings. The van der Waals surface area contributed by atoms with Crippen LogP contribution >= 0.6 is 11.6 Å². The van der Waals surface area contributed by atoms with Gasteiger partial charge in [0.2, 0.25) is 11.8 Å². The van der Waals surface area contributed by atoms with E-state index in [1.165, 1.54) is 14.2 Å². The van der Waals surface area contributed by atoms with E-state index < -0.39 is 5.92 Å². The fraction of sp³-hybridized carbons (Fsp3) is 0.292. The molecule has 0 unspecified atom stereocenters. The Bertz CT molecular complexity index is 1150. The Morgan fingerprint density at radius 3 is 2.55 bits per heavy atom. The maximum absolute atomic E-state index is 12.9. The topological polar surface area (TPSA) is 85.7 Å². The normalized spacial score (nSPS) is 16.5. The standard InChI is InChI=1S/C24H25ClN4O4/c1-15(16-4-6-18(7-5-16)28-9-8-26-14-28)27-24(31)17-10-23(30)29(13-17)20-11-19(25)21(32-2)12-22(20)33-3/h4-9,11-12,14-15,17H,10,13H2,1-3H3,(H,27,31)/t15-,17-/m1/s1. The highest BCUT2D eigenvalue weighted by atomic mass is 35.5. The third-order valence-electron chi connectivity index (χ3n) is 5.79. The van der Waals surface area contributed by atoms with Gasteiger partial charge >= 0.3 is 0 Å². The first-order valence-electron chi connectivity index (χ1n) is 10.5. The summed E-state index contributed by atoms with van der Waals surface area (Å²) in [4.78, 5) is 31.3. The quantitative estimate of drug-likeness (QED) is 0.570.